The van der Waals surface area contributed by atoms with Gasteiger partial charge in [-0.15, -0.1) is 0 Å². The van der Waals surface area contributed by atoms with Crippen LogP contribution in [0.4, 0.5) is 4.79 Å². The van der Waals surface area contributed by atoms with Gasteiger partial charge in [0.15, 0.2) is 6.61 Å². The number of hydrogen-bond donors (Lipinski definition) is 2. The molecule has 0 radical (unpaired) electrons. The van der Waals surface area contributed by atoms with Crippen LogP contribution in [0.2, 0.25) is 0 Å². The van der Waals surface area contributed by atoms with Crippen LogP contribution in [0.5, 0.6) is 0 Å². The van der Waals surface area contributed by atoms with Crippen molar-refractivity contribution in [1.29, 1.82) is 0 Å². The molecule has 2 rings (SSSR count). The number of esters is 1. The van der Waals surface area contributed by atoms with Crippen LogP contribution < -0.4 is 10.7 Å². The zero-order chi connectivity index (χ0) is 17.7. The normalized spacial score (nSPS) is 19.8. The van der Waals surface area contributed by atoms with E-state index in [-0.39, 0.29) is 6.42 Å². The monoisotopic (exact) mass is 333 g/mol. The minimum Gasteiger partial charge on any atom is -0.456 e. The molecule has 24 heavy (non-hydrogen) atoms. The number of nitrogens with zero attached hydrogens (tertiary/aromatic N) is 1. The molecule has 128 valence electrons. The number of hydrogen-bond acceptors (Lipinski definition) is 5. The number of carbonyl (C=O) groups excluding carboxylic acids is 4. The minimum absolute atomic E-state index is 0.128. The van der Waals surface area contributed by atoms with E-state index in [4.69, 9.17) is 0 Å². The van der Waals surface area contributed by atoms with Crippen LogP contribution in [-0.2, 0) is 24.7 Å². The molecule has 1 atom stereocenters. The Labute approximate surface area is 139 Å². The summed E-state index contributed by atoms with van der Waals surface area (Å²) < 4.78 is 4.68. The van der Waals surface area contributed by atoms with E-state index in [1.165, 1.54) is 0 Å². The highest BCUT2D eigenvalue weighted by Crippen LogP contribution is 2.31. The van der Waals surface area contributed by atoms with Gasteiger partial charge in [0.05, 0.1) is 0 Å². The summed E-state index contributed by atoms with van der Waals surface area (Å²) in [5, 5.41) is 3.25. The lowest BCUT2D eigenvalue weighted by atomic mass is 9.87. The third kappa shape index (κ3) is 3.22. The van der Waals surface area contributed by atoms with Gasteiger partial charge in [0.25, 0.3) is 11.8 Å². The van der Waals surface area contributed by atoms with Gasteiger partial charge in [0, 0.05) is 6.42 Å². The number of hydrazine groups is 1. The first kappa shape index (κ1) is 17.5. The van der Waals surface area contributed by atoms with Crippen LogP contribution >= 0.6 is 0 Å². The second-order valence-corrected chi connectivity index (χ2v) is 5.24. The Bertz CT molecular complexity index is 661. The summed E-state index contributed by atoms with van der Waals surface area (Å²) in [7, 11) is 0. The van der Waals surface area contributed by atoms with E-state index in [2.05, 4.69) is 15.5 Å². The Balaban J connectivity index is 2.13. The van der Waals surface area contributed by atoms with Crippen molar-refractivity contribution in [2.75, 3.05) is 6.61 Å². The predicted molar refractivity (Wildman–Crippen MR) is 83.2 cm³/mol. The molecule has 0 bridgehead atoms. The van der Waals surface area contributed by atoms with Crippen molar-refractivity contribution in [3.8, 4) is 0 Å². The highest BCUT2D eigenvalue weighted by atomic mass is 16.5. The average Bonchev–Trinajstić information content (AvgIpc) is 2.85. The molecule has 8 nitrogen and oxygen atoms in total. The second kappa shape index (κ2) is 7.12. The zero-order valence-corrected chi connectivity index (χ0v) is 13.5. The first-order chi connectivity index (χ1) is 11.4. The van der Waals surface area contributed by atoms with E-state index in [0.717, 1.165) is 0 Å². The Morgan fingerprint density at radius 2 is 1.88 bits per heavy atom. The van der Waals surface area contributed by atoms with E-state index in [1.54, 1.807) is 44.2 Å². The van der Waals surface area contributed by atoms with Gasteiger partial charge in [0.1, 0.15) is 5.54 Å². The molecule has 1 aliphatic rings. The van der Waals surface area contributed by atoms with Crippen LogP contribution in [-0.4, -0.2) is 35.4 Å². The third-order valence-electron chi connectivity index (χ3n) is 3.78. The molecule has 0 unspecified atom stereocenters. The molecule has 1 aliphatic heterocycles. The molecular formula is C16H19N3O5. The van der Waals surface area contributed by atoms with Gasteiger partial charge in [0.2, 0.25) is 0 Å². The number of amides is 4. The van der Waals surface area contributed by atoms with Gasteiger partial charge in [-0.1, -0.05) is 44.2 Å². The maximum absolute atomic E-state index is 12.7. The first-order valence-corrected chi connectivity index (χ1v) is 7.62. The molecule has 2 N–H and O–H groups in total. The number of benzene rings is 1. The minimum atomic E-state index is -1.23. The van der Waals surface area contributed by atoms with E-state index >= 15 is 0 Å². The summed E-state index contributed by atoms with van der Waals surface area (Å²) in [5.41, 5.74) is 1.57. The summed E-state index contributed by atoms with van der Waals surface area (Å²) in [6.45, 7) is 2.79. The smallest absolute Gasteiger partial charge is 0.344 e. The van der Waals surface area contributed by atoms with E-state index in [0.29, 0.717) is 17.0 Å². The van der Waals surface area contributed by atoms with Gasteiger partial charge in [-0.05, 0) is 12.0 Å². The molecule has 0 saturated carbocycles. The van der Waals surface area contributed by atoms with Crippen molar-refractivity contribution in [1.82, 2.24) is 15.8 Å². The van der Waals surface area contributed by atoms with E-state index in [1.807, 2.05) is 0 Å². The Kier molecular flexibility index (Phi) is 5.18. The zero-order valence-electron chi connectivity index (χ0n) is 13.5. The number of ether oxygens (including phenoxy) is 1. The molecule has 8 heteroatoms. The van der Waals surface area contributed by atoms with E-state index in [9.17, 15) is 19.2 Å². The molecule has 0 aromatic heterocycles. The molecule has 1 aromatic rings. The Morgan fingerprint density at radius 1 is 1.21 bits per heavy atom. The largest absolute Gasteiger partial charge is 0.456 e. The molecular weight excluding hydrogens is 314 g/mol. The first-order valence-electron chi connectivity index (χ1n) is 7.62. The van der Waals surface area contributed by atoms with Crippen molar-refractivity contribution in [2.45, 2.75) is 32.2 Å². The molecule has 4 amide bonds. The maximum atomic E-state index is 12.7. The van der Waals surface area contributed by atoms with Crippen LogP contribution in [0.25, 0.3) is 0 Å². The van der Waals surface area contributed by atoms with Crippen molar-refractivity contribution >= 4 is 23.8 Å². The van der Waals surface area contributed by atoms with E-state index < -0.39 is 36.0 Å². The summed E-state index contributed by atoms with van der Waals surface area (Å²) in [5.74, 6) is -1.90. The summed E-state index contributed by atoms with van der Waals surface area (Å²) >= 11 is 0. The summed E-state index contributed by atoms with van der Waals surface area (Å²) in [6.07, 6.45) is 0.447. The summed E-state index contributed by atoms with van der Waals surface area (Å²) in [6, 6.07) is 8.05. The van der Waals surface area contributed by atoms with Crippen molar-refractivity contribution in [3.63, 3.8) is 0 Å². The summed E-state index contributed by atoms with van der Waals surface area (Å²) in [4.78, 5) is 47.7. The number of imide groups is 1. The number of nitrogens with one attached hydrogen (secondary N) is 2. The van der Waals surface area contributed by atoms with Gasteiger partial charge < -0.3 is 10.1 Å². The highest BCUT2D eigenvalue weighted by molar-refractivity contribution is 6.08. The van der Waals surface area contributed by atoms with Crippen LogP contribution in [0.15, 0.2) is 30.3 Å². The quantitative estimate of drug-likeness (QED) is 0.592. The topological polar surface area (TPSA) is 105 Å². The van der Waals surface area contributed by atoms with Gasteiger partial charge >= 0.3 is 12.0 Å². The van der Waals surface area contributed by atoms with Crippen LogP contribution in [0, 0.1) is 0 Å². The SMILES string of the molecule is CCC(=O)OCC(=O)NN1C(=O)N[C@](CC)(c2ccccc2)C1=O. The molecule has 0 spiro atoms. The maximum Gasteiger partial charge on any atom is 0.344 e. The Morgan fingerprint density at radius 3 is 2.46 bits per heavy atom. The van der Waals surface area contributed by atoms with Gasteiger partial charge in [-0.3, -0.25) is 19.8 Å². The number of urea groups is 1. The fourth-order valence-corrected chi connectivity index (χ4v) is 2.44. The van der Waals surface area contributed by atoms with Crippen molar-refractivity contribution in [2.24, 2.45) is 0 Å². The predicted octanol–water partition coefficient (Wildman–Crippen LogP) is 0.828. The second-order valence-electron chi connectivity index (χ2n) is 5.24. The molecule has 1 fully saturated rings. The molecule has 0 aliphatic carbocycles. The Hall–Kier alpha value is -2.90. The number of rotatable bonds is 6. The average molecular weight is 333 g/mol. The van der Waals surface area contributed by atoms with Gasteiger partial charge in [-0.2, -0.15) is 5.01 Å². The standard InChI is InChI=1S/C16H19N3O5/c1-3-13(21)24-10-12(20)18-19-14(22)16(4-2,17-15(19)23)11-8-6-5-7-9-11/h5-9H,3-4,10H2,1-2H3,(H,17,23)(H,18,20)/t16-/m1/s1. The van der Waals surface area contributed by atoms with Crippen molar-refractivity contribution < 1.29 is 23.9 Å². The number of carbonyl (C=O) groups is 4. The molecule has 1 aromatic carbocycles. The fourth-order valence-electron chi connectivity index (χ4n) is 2.44. The van der Waals surface area contributed by atoms with Crippen molar-refractivity contribution in [3.05, 3.63) is 35.9 Å². The lowest BCUT2D eigenvalue weighted by Gasteiger charge is -2.25. The van der Waals surface area contributed by atoms with Crippen LogP contribution in [0.1, 0.15) is 32.3 Å². The molecule has 1 saturated heterocycles. The highest BCUT2D eigenvalue weighted by Gasteiger charge is 2.52. The lowest BCUT2D eigenvalue weighted by Crippen LogP contribution is -2.49. The fraction of sp³-hybridized carbons (Fsp3) is 0.375. The van der Waals surface area contributed by atoms with Gasteiger partial charge in [-0.25, -0.2) is 4.79 Å². The third-order valence-corrected chi connectivity index (χ3v) is 3.78. The van der Waals surface area contributed by atoms with Crippen LogP contribution in [0.3, 0.4) is 0 Å². The lowest BCUT2D eigenvalue weighted by molar-refractivity contribution is -0.150. The molecule has 1 heterocycles.